The van der Waals surface area contributed by atoms with Crippen molar-refractivity contribution >= 4 is 29.1 Å². The zero-order chi connectivity index (χ0) is 13.2. The Kier molecular flexibility index (Phi) is 4.42. The molecule has 0 heterocycles. The molecule has 0 bridgehead atoms. The van der Waals surface area contributed by atoms with Crippen LogP contribution in [0.3, 0.4) is 0 Å². The third-order valence-electron chi connectivity index (χ3n) is 2.15. The monoisotopic (exact) mass is 275 g/mol. The van der Waals surface area contributed by atoms with Crippen LogP contribution in [0.2, 0.25) is 10.0 Å². The topological polar surface area (TPSA) is 40.5 Å². The minimum atomic E-state index is -0.960. The van der Waals surface area contributed by atoms with E-state index in [9.17, 15) is 9.90 Å². The fourth-order valence-electron chi connectivity index (χ4n) is 1.55. The number of rotatable bonds is 3. The molecule has 0 radical (unpaired) electrons. The van der Waals surface area contributed by atoms with Crippen LogP contribution in [-0.2, 0) is 0 Å². The highest BCUT2D eigenvalue weighted by Gasteiger charge is 2.23. The van der Waals surface area contributed by atoms with E-state index in [0.29, 0.717) is 10.0 Å². The van der Waals surface area contributed by atoms with Gasteiger partial charge in [0.25, 0.3) is 5.91 Å². The van der Waals surface area contributed by atoms with E-state index < -0.39 is 5.60 Å². The smallest absolute Gasteiger partial charge is 0.256 e. The van der Waals surface area contributed by atoms with Crippen LogP contribution in [0, 0.1) is 0 Å². The summed E-state index contributed by atoms with van der Waals surface area (Å²) in [5.41, 5.74) is -0.694. The van der Waals surface area contributed by atoms with Crippen molar-refractivity contribution in [2.75, 3.05) is 13.6 Å². The summed E-state index contributed by atoms with van der Waals surface area (Å²) in [5, 5.41) is 10.3. The van der Waals surface area contributed by atoms with Crippen molar-refractivity contribution in [1.82, 2.24) is 4.90 Å². The van der Waals surface area contributed by atoms with E-state index in [2.05, 4.69) is 0 Å². The minimum Gasteiger partial charge on any atom is -0.389 e. The molecule has 1 amide bonds. The van der Waals surface area contributed by atoms with Gasteiger partial charge in [-0.05, 0) is 26.0 Å². The molecule has 1 aromatic rings. The number of nitrogens with zero attached hydrogens (tertiary/aromatic N) is 1. The second-order valence-electron chi connectivity index (χ2n) is 4.57. The Morgan fingerprint density at radius 1 is 1.35 bits per heavy atom. The Bertz CT molecular complexity index is 407. The molecule has 94 valence electrons. The summed E-state index contributed by atoms with van der Waals surface area (Å²) < 4.78 is 0. The van der Waals surface area contributed by atoms with Gasteiger partial charge in [0.1, 0.15) is 0 Å². The second kappa shape index (κ2) is 5.25. The lowest BCUT2D eigenvalue weighted by Gasteiger charge is -2.26. The standard InChI is InChI=1S/C12H15Cl2NO2/c1-12(2,17)7-15(3)11(16)10-8(13)5-4-6-9(10)14/h4-6,17H,7H2,1-3H3. The first-order valence-electron chi connectivity index (χ1n) is 5.14. The van der Waals surface area contributed by atoms with Gasteiger partial charge in [-0.25, -0.2) is 0 Å². The molecule has 5 heteroatoms. The van der Waals surface area contributed by atoms with E-state index in [1.54, 1.807) is 39.1 Å². The number of hydrogen-bond donors (Lipinski definition) is 1. The quantitative estimate of drug-likeness (QED) is 0.922. The zero-order valence-corrected chi connectivity index (χ0v) is 11.5. The molecule has 1 N–H and O–H groups in total. The lowest BCUT2D eigenvalue weighted by Crippen LogP contribution is -2.39. The molecule has 0 unspecified atom stereocenters. The van der Waals surface area contributed by atoms with Crippen molar-refractivity contribution in [2.45, 2.75) is 19.4 Å². The average Bonchev–Trinajstić information content (AvgIpc) is 2.14. The third kappa shape index (κ3) is 3.87. The van der Waals surface area contributed by atoms with Gasteiger partial charge in [-0.15, -0.1) is 0 Å². The maximum atomic E-state index is 12.1. The van der Waals surface area contributed by atoms with E-state index >= 15 is 0 Å². The average molecular weight is 276 g/mol. The van der Waals surface area contributed by atoms with Gasteiger partial charge >= 0.3 is 0 Å². The number of hydrogen-bond acceptors (Lipinski definition) is 2. The Morgan fingerprint density at radius 3 is 2.24 bits per heavy atom. The molecule has 0 aliphatic carbocycles. The summed E-state index contributed by atoms with van der Waals surface area (Å²) in [4.78, 5) is 13.5. The number of aliphatic hydroxyl groups is 1. The Hall–Kier alpha value is -0.770. The predicted octanol–water partition coefficient (Wildman–Crippen LogP) is 2.84. The fraction of sp³-hybridized carbons (Fsp3) is 0.417. The van der Waals surface area contributed by atoms with Crippen molar-refractivity contribution in [3.05, 3.63) is 33.8 Å². The first-order valence-corrected chi connectivity index (χ1v) is 5.90. The van der Waals surface area contributed by atoms with Gasteiger partial charge in [0.05, 0.1) is 21.2 Å². The molecule has 1 aromatic carbocycles. The molecular weight excluding hydrogens is 261 g/mol. The van der Waals surface area contributed by atoms with Crippen LogP contribution in [-0.4, -0.2) is 35.1 Å². The van der Waals surface area contributed by atoms with Crippen LogP contribution in [0.15, 0.2) is 18.2 Å². The third-order valence-corrected chi connectivity index (χ3v) is 2.78. The Morgan fingerprint density at radius 2 is 1.82 bits per heavy atom. The van der Waals surface area contributed by atoms with Gasteiger partial charge in [-0.3, -0.25) is 4.79 Å². The van der Waals surface area contributed by atoms with Crippen LogP contribution in [0.5, 0.6) is 0 Å². The van der Waals surface area contributed by atoms with Crippen LogP contribution in [0.1, 0.15) is 24.2 Å². The first kappa shape index (κ1) is 14.3. The van der Waals surface area contributed by atoms with Gasteiger partial charge in [0.2, 0.25) is 0 Å². The summed E-state index contributed by atoms with van der Waals surface area (Å²) in [6.07, 6.45) is 0. The summed E-state index contributed by atoms with van der Waals surface area (Å²) in [5.74, 6) is -0.303. The summed E-state index contributed by atoms with van der Waals surface area (Å²) in [6, 6.07) is 4.90. The molecule has 0 saturated carbocycles. The first-order chi connectivity index (χ1) is 7.72. The van der Waals surface area contributed by atoms with Crippen LogP contribution in [0.25, 0.3) is 0 Å². The van der Waals surface area contributed by atoms with Crippen LogP contribution >= 0.6 is 23.2 Å². The largest absolute Gasteiger partial charge is 0.389 e. The van der Waals surface area contributed by atoms with Crippen molar-refractivity contribution in [3.63, 3.8) is 0 Å². The number of likely N-dealkylation sites (N-methyl/N-ethyl adjacent to an activating group) is 1. The van der Waals surface area contributed by atoms with Gasteiger partial charge < -0.3 is 10.0 Å². The zero-order valence-electron chi connectivity index (χ0n) is 10.00. The lowest BCUT2D eigenvalue weighted by atomic mass is 10.1. The van der Waals surface area contributed by atoms with E-state index in [4.69, 9.17) is 23.2 Å². The van der Waals surface area contributed by atoms with Crippen molar-refractivity contribution in [2.24, 2.45) is 0 Å². The number of benzene rings is 1. The Labute approximate surface area is 111 Å². The molecule has 0 atom stereocenters. The number of carbonyl (C=O) groups excluding carboxylic acids is 1. The fourth-order valence-corrected chi connectivity index (χ4v) is 2.10. The summed E-state index contributed by atoms with van der Waals surface area (Å²) in [7, 11) is 1.60. The molecule has 0 aromatic heterocycles. The normalized spacial score (nSPS) is 11.4. The Balaban J connectivity index is 2.97. The molecule has 3 nitrogen and oxygen atoms in total. The molecule has 17 heavy (non-hydrogen) atoms. The number of carbonyl (C=O) groups is 1. The SMILES string of the molecule is CN(CC(C)(C)O)C(=O)c1c(Cl)cccc1Cl. The lowest BCUT2D eigenvalue weighted by molar-refractivity contribution is 0.0368. The van der Waals surface area contributed by atoms with Crippen molar-refractivity contribution in [3.8, 4) is 0 Å². The summed E-state index contributed by atoms with van der Waals surface area (Å²) in [6.45, 7) is 3.46. The van der Waals surface area contributed by atoms with E-state index in [1.165, 1.54) is 4.90 Å². The predicted molar refractivity (Wildman–Crippen MR) is 69.7 cm³/mol. The molecule has 0 aliphatic heterocycles. The van der Waals surface area contributed by atoms with Crippen LogP contribution in [0.4, 0.5) is 0 Å². The van der Waals surface area contributed by atoms with Crippen LogP contribution < -0.4 is 0 Å². The maximum absolute atomic E-state index is 12.1. The summed E-state index contributed by atoms with van der Waals surface area (Å²) >= 11 is 11.9. The highest BCUT2D eigenvalue weighted by atomic mass is 35.5. The highest BCUT2D eigenvalue weighted by molar-refractivity contribution is 6.39. The molecule has 0 saturated heterocycles. The van der Waals surface area contributed by atoms with Gasteiger partial charge in [0.15, 0.2) is 0 Å². The van der Waals surface area contributed by atoms with E-state index in [0.717, 1.165) is 0 Å². The number of halogens is 2. The van der Waals surface area contributed by atoms with Gasteiger partial charge in [-0.2, -0.15) is 0 Å². The van der Waals surface area contributed by atoms with E-state index in [-0.39, 0.29) is 18.0 Å². The maximum Gasteiger partial charge on any atom is 0.256 e. The van der Waals surface area contributed by atoms with E-state index in [1.807, 2.05) is 0 Å². The molecular formula is C12H15Cl2NO2. The van der Waals surface area contributed by atoms with Gasteiger partial charge in [0, 0.05) is 13.6 Å². The highest BCUT2D eigenvalue weighted by Crippen LogP contribution is 2.25. The number of amides is 1. The molecule has 0 fully saturated rings. The van der Waals surface area contributed by atoms with Crippen molar-refractivity contribution in [1.29, 1.82) is 0 Å². The molecule has 0 spiro atoms. The second-order valence-corrected chi connectivity index (χ2v) is 5.38. The minimum absolute atomic E-state index is 0.202. The molecule has 1 rings (SSSR count). The van der Waals surface area contributed by atoms with Gasteiger partial charge in [-0.1, -0.05) is 29.3 Å². The van der Waals surface area contributed by atoms with Crippen molar-refractivity contribution < 1.29 is 9.90 Å². The molecule has 0 aliphatic rings.